The van der Waals surface area contributed by atoms with Gasteiger partial charge in [-0.1, -0.05) is 51.7 Å². The standard InChI is InChI=1S/C20H31N3O/c1-3-5-6-7-10-16-23-18-13-9-8-12-17(18)22-19(23)14-11-15-21-20(24)4-2/h8-9,12-13H,3-7,10-11,14-16H2,1-2H3,(H,21,24). The Morgan fingerprint density at radius 2 is 1.88 bits per heavy atom. The second kappa shape index (κ2) is 10.1. The molecule has 4 heteroatoms. The van der Waals surface area contributed by atoms with Crippen molar-refractivity contribution in [3.05, 3.63) is 30.1 Å². The molecule has 1 heterocycles. The van der Waals surface area contributed by atoms with Crippen LogP contribution in [0.25, 0.3) is 11.0 Å². The number of amides is 1. The lowest BCUT2D eigenvalue weighted by atomic mass is 10.1. The summed E-state index contributed by atoms with van der Waals surface area (Å²) in [5.41, 5.74) is 2.32. The summed E-state index contributed by atoms with van der Waals surface area (Å²) in [6.45, 7) is 5.90. The molecule has 2 rings (SSSR count). The molecule has 0 bridgehead atoms. The van der Waals surface area contributed by atoms with Crippen LogP contribution >= 0.6 is 0 Å². The number of benzene rings is 1. The maximum absolute atomic E-state index is 11.3. The summed E-state index contributed by atoms with van der Waals surface area (Å²) in [5, 5.41) is 2.95. The largest absolute Gasteiger partial charge is 0.356 e. The van der Waals surface area contributed by atoms with Gasteiger partial charge in [-0.3, -0.25) is 4.79 Å². The fraction of sp³-hybridized carbons (Fsp3) is 0.600. The van der Waals surface area contributed by atoms with Crippen LogP contribution in [0.2, 0.25) is 0 Å². The maximum atomic E-state index is 11.3. The van der Waals surface area contributed by atoms with Crippen molar-refractivity contribution in [1.82, 2.24) is 14.9 Å². The summed E-state index contributed by atoms with van der Waals surface area (Å²) < 4.78 is 2.38. The SMILES string of the molecule is CCCCCCCn1c(CCCNC(=O)CC)nc2ccccc21. The van der Waals surface area contributed by atoms with Crippen LogP contribution < -0.4 is 5.32 Å². The Hall–Kier alpha value is -1.84. The van der Waals surface area contributed by atoms with Crippen molar-refractivity contribution in [3.63, 3.8) is 0 Å². The third kappa shape index (κ3) is 5.36. The van der Waals surface area contributed by atoms with Crippen LogP contribution in [0.3, 0.4) is 0 Å². The van der Waals surface area contributed by atoms with Gasteiger partial charge in [-0.25, -0.2) is 4.98 Å². The molecule has 4 nitrogen and oxygen atoms in total. The van der Waals surface area contributed by atoms with Crippen LogP contribution in [0.15, 0.2) is 24.3 Å². The van der Waals surface area contributed by atoms with E-state index in [2.05, 4.69) is 35.0 Å². The highest BCUT2D eigenvalue weighted by molar-refractivity contribution is 5.76. The van der Waals surface area contributed by atoms with E-state index in [-0.39, 0.29) is 5.91 Å². The van der Waals surface area contributed by atoms with E-state index in [0.29, 0.717) is 6.42 Å². The molecule has 0 fully saturated rings. The van der Waals surface area contributed by atoms with Crippen LogP contribution in [0, 0.1) is 0 Å². The first-order valence-corrected chi connectivity index (χ1v) is 9.47. The van der Waals surface area contributed by atoms with Gasteiger partial charge in [0.1, 0.15) is 5.82 Å². The summed E-state index contributed by atoms with van der Waals surface area (Å²) in [7, 11) is 0. The van der Waals surface area contributed by atoms with Crippen molar-refractivity contribution in [3.8, 4) is 0 Å². The Bertz CT molecular complexity index is 633. The smallest absolute Gasteiger partial charge is 0.219 e. The number of aromatic nitrogens is 2. The highest BCUT2D eigenvalue weighted by Gasteiger charge is 2.10. The van der Waals surface area contributed by atoms with Crippen molar-refractivity contribution in [2.75, 3.05) is 6.54 Å². The first-order valence-electron chi connectivity index (χ1n) is 9.47. The van der Waals surface area contributed by atoms with Crippen LogP contribution in [0.1, 0.15) is 64.6 Å². The summed E-state index contributed by atoms with van der Waals surface area (Å²) in [6, 6.07) is 8.39. The van der Waals surface area contributed by atoms with Gasteiger partial charge in [-0.05, 0) is 25.0 Å². The van der Waals surface area contributed by atoms with E-state index in [9.17, 15) is 4.79 Å². The van der Waals surface area contributed by atoms with E-state index < -0.39 is 0 Å². The second-order valence-electron chi connectivity index (χ2n) is 6.39. The lowest BCUT2D eigenvalue weighted by molar-refractivity contribution is -0.120. The monoisotopic (exact) mass is 329 g/mol. The van der Waals surface area contributed by atoms with Crippen molar-refractivity contribution in [2.45, 2.75) is 71.8 Å². The van der Waals surface area contributed by atoms with Gasteiger partial charge < -0.3 is 9.88 Å². The lowest BCUT2D eigenvalue weighted by Gasteiger charge is -2.09. The molecule has 2 aromatic rings. The molecular formula is C20H31N3O. The Labute approximate surface area is 145 Å². The average Bonchev–Trinajstić information content (AvgIpc) is 2.96. The number of aryl methyl sites for hydroxylation is 2. The fourth-order valence-electron chi connectivity index (χ4n) is 3.04. The predicted molar refractivity (Wildman–Crippen MR) is 100 cm³/mol. The van der Waals surface area contributed by atoms with Gasteiger partial charge in [0.15, 0.2) is 0 Å². The number of nitrogens with one attached hydrogen (secondary N) is 1. The number of hydrogen-bond donors (Lipinski definition) is 1. The van der Waals surface area contributed by atoms with E-state index in [1.54, 1.807) is 0 Å². The van der Waals surface area contributed by atoms with Gasteiger partial charge in [-0.15, -0.1) is 0 Å². The van der Waals surface area contributed by atoms with E-state index >= 15 is 0 Å². The summed E-state index contributed by atoms with van der Waals surface area (Å²) in [5.74, 6) is 1.27. The van der Waals surface area contributed by atoms with Gasteiger partial charge in [0.05, 0.1) is 11.0 Å². The van der Waals surface area contributed by atoms with Crippen molar-refractivity contribution < 1.29 is 4.79 Å². The third-order valence-corrected chi connectivity index (χ3v) is 4.44. The fourth-order valence-corrected chi connectivity index (χ4v) is 3.04. The van der Waals surface area contributed by atoms with Crippen molar-refractivity contribution >= 4 is 16.9 Å². The maximum Gasteiger partial charge on any atom is 0.219 e. The summed E-state index contributed by atoms with van der Waals surface area (Å²) in [4.78, 5) is 16.1. The Morgan fingerprint density at radius 1 is 1.08 bits per heavy atom. The molecule has 1 aromatic carbocycles. The number of carbonyl (C=O) groups excluding carboxylic acids is 1. The topological polar surface area (TPSA) is 46.9 Å². The summed E-state index contributed by atoms with van der Waals surface area (Å²) >= 11 is 0. The lowest BCUT2D eigenvalue weighted by Crippen LogP contribution is -2.23. The van der Waals surface area contributed by atoms with E-state index in [4.69, 9.17) is 4.98 Å². The van der Waals surface area contributed by atoms with Gasteiger partial charge in [0.25, 0.3) is 0 Å². The molecule has 0 unspecified atom stereocenters. The van der Waals surface area contributed by atoms with Gasteiger partial charge in [-0.2, -0.15) is 0 Å². The average molecular weight is 329 g/mol. The molecule has 1 aromatic heterocycles. The molecule has 1 amide bonds. The van der Waals surface area contributed by atoms with Crippen LogP contribution in [0.4, 0.5) is 0 Å². The Kier molecular flexibility index (Phi) is 7.80. The number of carbonyl (C=O) groups is 1. The molecule has 0 aliphatic rings. The highest BCUT2D eigenvalue weighted by Crippen LogP contribution is 2.18. The number of rotatable bonds is 11. The number of hydrogen-bond acceptors (Lipinski definition) is 2. The Balaban J connectivity index is 1.96. The van der Waals surface area contributed by atoms with Crippen LogP contribution in [-0.4, -0.2) is 22.0 Å². The van der Waals surface area contributed by atoms with Crippen molar-refractivity contribution in [1.29, 1.82) is 0 Å². The number of fused-ring (bicyclic) bond motifs is 1. The van der Waals surface area contributed by atoms with Gasteiger partial charge in [0, 0.05) is 25.9 Å². The van der Waals surface area contributed by atoms with E-state index in [0.717, 1.165) is 37.3 Å². The van der Waals surface area contributed by atoms with Crippen LogP contribution in [0.5, 0.6) is 0 Å². The molecule has 132 valence electrons. The van der Waals surface area contributed by atoms with E-state index in [1.165, 1.54) is 37.6 Å². The molecule has 24 heavy (non-hydrogen) atoms. The minimum Gasteiger partial charge on any atom is -0.356 e. The quantitative estimate of drug-likeness (QED) is 0.618. The molecular weight excluding hydrogens is 298 g/mol. The molecule has 0 aliphatic heterocycles. The van der Waals surface area contributed by atoms with E-state index in [1.807, 2.05) is 13.0 Å². The highest BCUT2D eigenvalue weighted by atomic mass is 16.1. The number of nitrogens with zero attached hydrogens (tertiary/aromatic N) is 2. The molecule has 0 radical (unpaired) electrons. The second-order valence-corrected chi connectivity index (χ2v) is 6.39. The predicted octanol–water partition coefficient (Wildman–Crippen LogP) is 4.47. The normalized spacial score (nSPS) is 11.1. The Morgan fingerprint density at radius 3 is 2.67 bits per heavy atom. The van der Waals surface area contributed by atoms with Crippen LogP contribution in [-0.2, 0) is 17.8 Å². The molecule has 1 N–H and O–H groups in total. The molecule has 0 atom stereocenters. The zero-order chi connectivity index (χ0) is 17.2. The van der Waals surface area contributed by atoms with Crippen molar-refractivity contribution in [2.24, 2.45) is 0 Å². The first-order chi connectivity index (χ1) is 11.8. The third-order valence-electron chi connectivity index (χ3n) is 4.44. The zero-order valence-electron chi connectivity index (χ0n) is 15.2. The first kappa shape index (κ1) is 18.5. The van der Waals surface area contributed by atoms with Gasteiger partial charge >= 0.3 is 0 Å². The van der Waals surface area contributed by atoms with Gasteiger partial charge in [0.2, 0.25) is 5.91 Å². The minimum absolute atomic E-state index is 0.124. The number of imidazole rings is 1. The molecule has 0 saturated carbocycles. The number of para-hydroxylation sites is 2. The zero-order valence-corrected chi connectivity index (χ0v) is 15.2. The minimum atomic E-state index is 0.124. The molecule has 0 saturated heterocycles. The summed E-state index contributed by atoms with van der Waals surface area (Å²) in [6.07, 6.45) is 8.82. The molecule has 0 aliphatic carbocycles. The number of unbranched alkanes of at least 4 members (excludes halogenated alkanes) is 4. The molecule has 0 spiro atoms.